The van der Waals surface area contributed by atoms with E-state index in [1.54, 1.807) is 32.0 Å². The minimum atomic E-state index is -3.85. The summed E-state index contributed by atoms with van der Waals surface area (Å²) in [4.78, 5) is 24.8. The number of fused-ring (bicyclic) bond motifs is 1. The highest BCUT2D eigenvalue weighted by atomic mass is 32.2. The molecule has 0 aliphatic carbocycles. The second-order valence-corrected chi connectivity index (χ2v) is 10.1. The van der Waals surface area contributed by atoms with Crippen molar-refractivity contribution in [3.8, 4) is 11.5 Å². The molecule has 2 amide bonds. The summed E-state index contributed by atoms with van der Waals surface area (Å²) < 4.78 is 44.0. The van der Waals surface area contributed by atoms with Crippen LogP contribution < -0.4 is 20.1 Å². The number of nitrogens with one attached hydrogen (secondary N) is 2. The minimum Gasteiger partial charge on any atom is -0.454 e. The molecule has 0 radical (unpaired) electrons. The first kappa shape index (κ1) is 24.0. The molecule has 34 heavy (non-hydrogen) atoms. The van der Waals surface area contributed by atoms with Crippen molar-refractivity contribution in [1.29, 1.82) is 0 Å². The predicted molar refractivity (Wildman–Crippen MR) is 122 cm³/mol. The zero-order valence-corrected chi connectivity index (χ0v) is 20.0. The summed E-state index contributed by atoms with van der Waals surface area (Å²) in [6, 6.07) is 8.85. The van der Waals surface area contributed by atoms with Gasteiger partial charge in [-0.05, 0) is 49.6 Å². The molecule has 1 fully saturated rings. The fourth-order valence-electron chi connectivity index (χ4n) is 4.21. The van der Waals surface area contributed by atoms with Crippen LogP contribution in [0.2, 0.25) is 0 Å². The normalized spacial score (nSPS) is 17.6. The zero-order valence-electron chi connectivity index (χ0n) is 19.2. The van der Waals surface area contributed by atoms with E-state index in [0.717, 1.165) is 11.1 Å². The van der Waals surface area contributed by atoms with Crippen molar-refractivity contribution in [2.75, 3.05) is 26.5 Å². The Bertz CT molecular complexity index is 1210. The minimum absolute atomic E-state index is 0.120. The van der Waals surface area contributed by atoms with Gasteiger partial charge in [-0.15, -0.1) is 0 Å². The summed E-state index contributed by atoms with van der Waals surface area (Å²) in [5, 5.41) is 5.00. The number of rotatable bonds is 6. The highest BCUT2D eigenvalue weighted by molar-refractivity contribution is 7.89. The van der Waals surface area contributed by atoms with Crippen LogP contribution in [0.3, 0.4) is 0 Å². The lowest BCUT2D eigenvalue weighted by atomic mass is 10.1. The van der Waals surface area contributed by atoms with Gasteiger partial charge >= 0.3 is 11.8 Å². The van der Waals surface area contributed by atoms with Crippen LogP contribution in [-0.4, -0.2) is 57.3 Å². The molecule has 1 saturated heterocycles. The number of aryl methyl sites for hydroxylation is 3. The van der Waals surface area contributed by atoms with E-state index in [1.807, 2.05) is 19.1 Å². The van der Waals surface area contributed by atoms with E-state index in [9.17, 15) is 18.0 Å². The predicted octanol–water partition coefficient (Wildman–Crippen LogP) is 1.12. The topological polar surface area (TPSA) is 123 Å². The Balaban J connectivity index is 1.35. The van der Waals surface area contributed by atoms with E-state index in [0.29, 0.717) is 22.6 Å². The highest BCUT2D eigenvalue weighted by Crippen LogP contribution is 2.32. The maximum atomic E-state index is 13.4. The molecular formula is C23H27N3O7S. The fourth-order valence-corrected chi connectivity index (χ4v) is 6.13. The largest absolute Gasteiger partial charge is 0.454 e. The average molecular weight is 490 g/mol. The lowest BCUT2D eigenvalue weighted by Crippen LogP contribution is -2.47. The zero-order chi connectivity index (χ0) is 24.5. The lowest BCUT2D eigenvalue weighted by Gasteiger charge is -2.24. The van der Waals surface area contributed by atoms with E-state index < -0.39 is 28.1 Å². The third kappa shape index (κ3) is 4.86. The third-order valence-corrected chi connectivity index (χ3v) is 7.84. The van der Waals surface area contributed by atoms with Gasteiger partial charge < -0.3 is 24.8 Å². The van der Waals surface area contributed by atoms with E-state index in [1.165, 1.54) is 4.31 Å². The van der Waals surface area contributed by atoms with E-state index in [-0.39, 0.29) is 37.9 Å². The smallest absolute Gasteiger partial charge is 0.309 e. The molecule has 4 rings (SSSR count). The molecule has 10 nitrogen and oxygen atoms in total. The van der Waals surface area contributed by atoms with Crippen molar-refractivity contribution >= 4 is 21.8 Å². The Morgan fingerprint density at radius 2 is 1.68 bits per heavy atom. The van der Waals surface area contributed by atoms with E-state index in [4.69, 9.17) is 14.2 Å². The van der Waals surface area contributed by atoms with Crippen LogP contribution in [0.1, 0.15) is 22.3 Å². The summed E-state index contributed by atoms with van der Waals surface area (Å²) in [5.74, 6) is -0.513. The number of hydrogen-bond acceptors (Lipinski definition) is 7. The monoisotopic (exact) mass is 489 g/mol. The molecular weight excluding hydrogens is 462 g/mol. The van der Waals surface area contributed by atoms with Crippen molar-refractivity contribution in [1.82, 2.24) is 14.9 Å². The molecule has 2 aromatic carbocycles. The van der Waals surface area contributed by atoms with Crippen LogP contribution in [0.25, 0.3) is 0 Å². The van der Waals surface area contributed by atoms with Crippen LogP contribution in [0.15, 0.2) is 35.2 Å². The van der Waals surface area contributed by atoms with E-state index >= 15 is 0 Å². The maximum Gasteiger partial charge on any atom is 0.309 e. The first-order valence-corrected chi connectivity index (χ1v) is 12.3. The molecule has 0 saturated carbocycles. The fraction of sp³-hybridized carbons (Fsp3) is 0.391. The van der Waals surface area contributed by atoms with Gasteiger partial charge in [0.2, 0.25) is 16.8 Å². The van der Waals surface area contributed by atoms with Gasteiger partial charge in [-0.1, -0.05) is 23.8 Å². The molecule has 2 aliphatic rings. The standard InChI is InChI=1S/C23H27N3O7S/c1-14-8-15(2)21(16(3)9-14)34(29,30)26-6-7-31-20(26)12-25-23(28)22(27)24-11-17-4-5-18-19(10-17)33-13-32-18/h4-5,8-10,20H,6-7,11-13H2,1-3H3,(H,24,27)(H,25,28)/t20-/m0/s1. The molecule has 0 spiro atoms. The van der Waals surface area contributed by atoms with E-state index in [2.05, 4.69) is 10.6 Å². The number of nitrogens with zero attached hydrogens (tertiary/aromatic N) is 1. The van der Waals surface area contributed by atoms with Crippen LogP contribution >= 0.6 is 0 Å². The van der Waals surface area contributed by atoms with Gasteiger partial charge in [0.15, 0.2) is 11.5 Å². The molecule has 1 atom stereocenters. The van der Waals surface area contributed by atoms with Crippen molar-refractivity contribution in [2.45, 2.75) is 38.4 Å². The highest BCUT2D eigenvalue weighted by Gasteiger charge is 2.38. The van der Waals surface area contributed by atoms with Crippen LogP contribution in [0.5, 0.6) is 11.5 Å². The first-order valence-electron chi connectivity index (χ1n) is 10.8. The number of carbonyl (C=O) groups is 2. The molecule has 0 unspecified atom stereocenters. The number of sulfonamides is 1. The van der Waals surface area contributed by atoms with Crippen molar-refractivity contribution in [3.05, 3.63) is 52.6 Å². The Labute approximate surface area is 198 Å². The molecule has 11 heteroatoms. The van der Waals surface area contributed by atoms with Gasteiger partial charge in [0, 0.05) is 13.1 Å². The molecule has 0 aromatic heterocycles. The van der Waals surface area contributed by atoms with Crippen molar-refractivity contribution < 1.29 is 32.2 Å². The third-order valence-electron chi connectivity index (χ3n) is 5.65. The van der Waals surface area contributed by atoms with Crippen molar-refractivity contribution in [2.24, 2.45) is 0 Å². The number of amides is 2. The van der Waals surface area contributed by atoms with Gasteiger partial charge in [0.1, 0.15) is 6.23 Å². The van der Waals surface area contributed by atoms with Gasteiger partial charge in [-0.25, -0.2) is 8.42 Å². The lowest BCUT2D eigenvalue weighted by molar-refractivity contribution is -0.139. The summed E-state index contributed by atoms with van der Waals surface area (Å²) >= 11 is 0. The first-order chi connectivity index (χ1) is 16.2. The summed E-state index contributed by atoms with van der Waals surface area (Å²) in [7, 11) is -3.85. The molecule has 0 bridgehead atoms. The Hall–Kier alpha value is -3.15. The number of benzene rings is 2. The van der Waals surface area contributed by atoms with Crippen LogP contribution in [0.4, 0.5) is 0 Å². The van der Waals surface area contributed by atoms with Gasteiger partial charge in [-0.2, -0.15) is 4.31 Å². The SMILES string of the molecule is Cc1cc(C)c(S(=O)(=O)N2CCO[C@H]2CNC(=O)C(=O)NCc2ccc3c(c2)OCO3)c(C)c1. The van der Waals surface area contributed by atoms with Crippen LogP contribution in [0, 0.1) is 20.8 Å². The maximum absolute atomic E-state index is 13.4. The van der Waals surface area contributed by atoms with Crippen LogP contribution in [-0.2, 0) is 30.9 Å². The van der Waals surface area contributed by atoms with Gasteiger partial charge in [0.25, 0.3) is 0 Å². The molecule has 2 aromatic rings. The Morgan fingerprint density at radius 1 is 1.00 bits per heavy atom. The molecule has 2 N–H and O–H groups in total. The second kappa shape index (κ2) is 9.61. The number of carbonyl (C=O) groups excluding carboxylic acids is 2. The van der Waals surface area contributed by atoms with Crippen molar-refractivity contribution in [3.63, 3.8) is 0 Å². The second-order valence-electron chi connectivity index (χ2n) is 8.25. The number of ether oxygens (including phenoxy) is 3. The molecule has 2 heterocycles. The quantitative estimate of drug-likeness (QED) is 0.583. The Morgan fingerprint density at radius 3 is 2.41 bits per heavy atom. The Kier molecular flexibility index (Phi) is 6.78. The summed E-state index contributed by atoms with van der Waals surface area (Å²) in [5.41, 5.74) is 3.01. The number of hydrogen-bond donors (Lipinski definition) is 2. The van der Waals surface area contributed by atoms with Gasteiger partial charge in [-0.3, -0.25) is 9.59 Å². The average Bonchev–Trinajstić information content (AvgIpc) is 3.44. The molecule has 2 aliphatic heterocycles. The van der Waals surface area contributed by atoms with Gasteiger partial charge in [0.05, 0.1) is 18.0 Å². The molecule has 182 valence electrons. The summed E-state index contributed by atoms with van der Waals surface area (Å²) in [6.45, 7) is 5.88. The summed E-state index contributed by atoms with van der Waals surface area (Å²) in [6.07, 6.45) is -0.907.